The number of hydrogen-bond donors (Lipinski definition) is 0. The topological polar surface area (TPSA) is 9.23 Å². The van der Waals surface area contributed by atoms with Crippen molar-refractivity contribution in [2.75, 3.05) is 0 Å². The lowest BCUT2D eigenvalue weighted by molar-refractivity contribution is 0.239. The first kappa shape index (κ1) is 12.1. The molecule has 0 unspecified atom stereocenters. The molecular weight excluding hydrogens is 184 g/mol. The summed E-state index contributed by atoms with van der Waals surface area (Å²) in [6.07, 6.45) is 1.32. The van der Waals surface area contributed by atoms with Gasteiger partial charge in [-0.2, -0.15) is 0 Å². The van der Waals surface area contributed by atoms with Gasteiger partial charge >= 0.3 is 0 Å². The Balaban J connectivity index is 3.13. The second kappa shape index (κ2) is 5.20. The maximum absolute atomic E-state index is 5.85. The molecule has 0 spiro atoms. The molecular formula is C14H22O. The minimum Gasteiger partial charge on any atom is -0.491 e. The summed E-state index contributed by atoms with van der Waals surface area (Å²) in [7, 11) is 0. The van der Waals surface area contributed by atoms with Gasteiger partial charge < -0.3 is 4.74 Å². The monoisotopic (exact) mass is 206 g/mol. The molecule has 84 valence electrons. The van der Waals surface area contributed by atoms with Crippen LogP contribution in [0, 0.1) is 0 Å². The fourth-order valence-electron chi connectivity index (χ4n) is 1.91. The molecule has 0 amide bonds. The van der Waals surface area contributed by atoms with Crippen LogP contribution in [-0.4, -0.2) is 6.10 Å². The van der Waals surface area contributed by atoms with E-state index in [1.807, 2.05) is 0 Å². The van der Waals surface area contributed by atoms with Crippen molar-refractivity contribution in [2.24, 2.45) is 0 Å². The summed E-state index contributed by atoms with van der Waals surface area (Å²) in [6, 6.07) is 6.36. The van der Waals surface area contributed by atoms with Crippen molar-refractivity contribution in [1.29, 1.82) is 0 Å². The van der Waals surface area contributed by atoms with E-state index in [2.05, 4.69) is 52.8 Å². The molecule has 15 heavy (non-hydrogen) atoms. The highest BCUT2D eigenvalue weighted by Gasteiger charge is 2.12. The average molecular weight is 206 g/mol. The summed E-state index contributed by atoms with van der Waals surface area (Å²) >= 11 is 0. The zero-order valence-corrected chi connectivity index (χ0v) is 10.5. The van der Waals surface area contributed by atoms with E-state index >= 15 is 0 Å². The van der Waals surface area contributed by atoms with Gasteiger partial charge in [-0.25, -0.2) is 0 Å². The molecule has 1 nitrogen and oxygen atoms in total. The lowest BCUT2D eigenvalue weighted by Crippen LogP contribution is -2.09. The molecule has 0 saturated heterocycles. The van der Waals surface area contributed by atoms with Crippen molar-refractivity contribution in [2.45, 2.75) is 53.1 Å². The predicted molar refractivity (Wildman–Crippen MR) is 65.7 cm³/mol. The van der Waals surface area contributed by atoms with E-state index in [0.717, 1.165) is 12.2 Å². The van der Waals surface area contributed by atoms with Crippen molar-refractivity contribution >= 4 is 0 Å². The third-order valence-corrected chi connectivity index (χ3v) is 2.48. The van der Waals surface area contributed by atoms with E-state index in [4.69, 9.17) is 4.74 Å². The molecule has 0 aliphatic heterocycles. The minimum atomic E-state index is 0.245. The first-order valence-corrected chi connectivity index (χ1v) is 5.84. The van der Waals surface area contributed by atoms with Crippen LogP contribution in [0.25, 0.3) is 0 Å². The van der Waals surface area contributed by atoms with Gasteiger partial charge in [0.25, 0.3) is 0 Å². The summed E-state index contributed by atoms with van der Waals surface area (Å²) < 4.78 is 5.85. The SMILES string of the molecule is CCc1cccc(OC(C)C)c1C(C)C. The number of hydrogen-bond acceptors (Lipinski definition) is 1. The number of aryl methyl sites for hydroxylation is 1. The highest BCUT2D eigenvalue weighted by Crippen LogP contribution is 2.30. The van der Waals surface area contributed by atoms with E-state index in [-0.39, 0.29) is 6.10 Å². The van der Waals surface area contributed by atoms with Gasteiger partial charge in [0.1, 0.15) is 5.75 Å². The van der Waals surface area contributed by atoms with E-state index in [1.54, 1.807) is 0 Å². The summed E-state index contributed by atoms with van der Waals surface area (Å²) in [5.41, 5.74) is 2.77. The Kier molecular flexibility index (Phi) is 4.19. The number of benzene rings is 1. The third kappa shape index (κ3) is 2.98. The molecule has 0 heterocycles. The Hall–Kier alpha value is -0.980. The second-order valence-electron chi connectivity index (χ2n) is 4.50. The predicted octanol–water partition coefficient (Wildman–Crippen LogP) is 4.16. The lowest BCUT2D eigenvalue weighted by Gasteiger charge is -2.19. The maximum atomic E-state index is 5.85. The zero-order valence-electron chi connectivity index (χ0n) is 10.5. The Morgan fingerprint density at radius 1 is 1.13 bits per heavy atom. The zero-order chi connectivity index (χ0) is 11.4. The summed E-state index contributed by atoms with van der Waals surface area (Å²) in [5.74, 6) is 1.58. The summed E-state index contributed by atoms with van der Waals surface area (Å²) in [5, 5.41) is 0. The average Bonchev–Trinajstić information content (AvgIpc) is 2.15. The van der Waals surface area contributed by atoms with E-state index < -0.39 is 0 Å². The van der Waals surface area contributed by atoms with Crippen molar-refractivity contribution in [1.82, 2.24) is 0 Å². The molecule has 0 radical (unpaired) electrons. The molecule has 0 atom stereocenters. The molecule has 1 heteroatoms. The van der Waals surface area contributed by atoms with Gasteiger partial charge in [0.2, 0.25) is 0 Å². The number of ether oxygens (including phenoxy) is 1. The molecule has 0 fully saturated rings. The minimum absolute atomic E-state index is 0.245. The smallest absolute Gasteiger partial charge is 0.123 e. The highest BCUT2D eigenvalue weighted by atomic mass is 16.5. The van der Waals surface area contributed by atoms with Crippen molar-refractivity contribution in [3.63, 3.8) is 0 Å². The second-order valence-corrected chi connectivity index (χ2v) is 4.50. The van der Waals surface area contributed by atoms with Crippen molar-refractivity contribution in [3.05, 3.63) is 29.3 Å². The molecule has 0 aliphatic carbocycles. The molecule has 0 saturated carbocycles. The molecule has 0 bridgehead atoms. The third-order valence-electron chi connectivity index (χ3n) is 2.48. The fraction of sp³-hybridized carbons (Fsp3) is 0.571. The standard InChI is InChI=1S/C14H22O/c1-6-12-8-7-9-13(15-11(4)5)14(12)10(2)3/h7-11H,6H2,1-5H3. The molecule has 0 aromatic heterocycles. The van der Waals surface area contributed by atoms with Crippen molar-refractivity contribution < 1.29 is 4.74 Å². The lowest BCUT2D eigenvalue weighted by atomic mass is 9.94. The molecule has 0 N–H and O–H groups in total. The first-order valence-electron chi connectivity index (χ1n) is 5.84. The highest BCUT2D eigenvalue weighted by molar-refractivity contribution is 5.42. The van der Waals surface area contributed by atoms with Gasteiger partial charge in [0, 0.05) is 0 Å². The van der Waals surface area contributed by atoms with Gasteiger partial charge in [-0.05, 0) is 43.4 Å². The fourth-order valence-corrected chi connectivity index (χ4v) is 1.91. The van der Waals surface area contributed by atoms with Crippen molar-refractivity contribution in [3.8, 4) is 5.75 Å². The van der Waals surface area contributed by atoms with Gasteiger partial charge in [-0.3, -0.25) is 0 Å². The van der Waals surface area contributed by atoms with Crippen LogP contribution in [0.4, 0.5) is 0 Å². The van der Waals surface area contributed by atoms with Crippen LogP contribution in [0.5, 0.6) is 5.75 Å². The normalized spacial score (nSPS) is 11.1. The van der Waals surface area contributed by atoms with Crippen LogP contribution >= 0.6 is 0 Å². The Morgan fingerprint density at radius 2 is 1.80 bits per heavy atom. The van der Waals surface area contributed by atoms with Gasteiger partial charge in [0.05, 0.1) is 6.10 Å². The van der Waals surface area contributed by atoms with Crippen LogP contribution in [0.15, 0.2) is 18.2 Å². The van der Waals surface area contributed by atoms with Crippen LogP contribution in [-0.2, 0) is 6.42 Å². The molecule has 1 aromatic carbocycles. The molecule has 0 aliphatic rings. The van der Waals surface area contributed by atoms with E-state index in [0.29, 0.717) is 5.92 Å². The summed E-state index contributed by atoms with van der Waals surface area (Å²) in [4.78, 5) is 0. The largest absolute Gasteiger partial charge is 0.491 e. The van der Waals surface area contributed by atoms with Crippen LogP contribution in [0.2, 0.25) is 0 Å². The van der Waals surface area contributed by atoms with Gasteiger partial charge in [0.15, 0.2) is 0 Å². The maximum Gasteiger partial charge on any atom is 0.123 e. The Bertz CT molecular complexity index is 313. The van der Waals surface area contributed by atoms with E-state index in [1.165, 1.54) is 11.1 Å². The number of rotatable bonds is 4. The van der Waals surface area contributed by atoms with E-state index in [9.17, 15) is 0 Å². The first-order chi connectivity index (χ1) is 7.06. The molecule has 1 rings (SSSR count). The van der Waals surface area contributed by atoms with Crippen LogP contribution in [0.1, 0.15) is 51.7 Å². The van der Waals surface area contributed by atoms with Gasteiger partial charge in [-0.15, -0.1) is 0 Å². The van der Waals surface area contributed by atoms with Crippen LogP contribution in [0.3, 0.4) is 0 Å². The Labute approximate surface area is 93.5 Å². The van der Waals surface area contributed by atoms with Gasteiger partial charge in [-0.1, -0.05) is 32.9 Å². The quantitative estimate of drug-likeness (QED) is 0.718. The van der Waals surface area contributed by atoms with Crippen LogP contribution < -0.4 is 4.74 Å². The summed E-state index contributed by atoms with van der Waals surface area (Å²) in [6.45, 7) is 10.8. The Morgan fingerprint density at radius 3 is 2.27 bits per heavy atom. The molecule has 1 aromatic rings.